The Kier molecular flexibility index (Phi) is 6.73. The number of nitrogens with one attached hydrogen (secondary N) is 1. The zero-order valence-electron chi connectivity index (χ0n) is 12.1. The number of rotatable bonds is 8. The van der Waals surface area contributed by atoms with Crippen LogP contribution in [0, 0.1) is 5.92 Å². The molecule has 0 radical (unpaired) electrons. The highest BCUT2D eigenvalue weighted by Gasteiger charge is 2.07. The predicted molar refractivity (Wildman–Crippen MR) is 75.8 cm³/mol. The van der Waals surface area contributed by atoms with Crippen LogP contribution >= 0.6 is 0 Å². The lowest BCUT2D eigenvalue weighted by atomic mass is 10.1. The summed E-state index contributed by atoms with van der Waals surface area (Å²) >= 11 is 0. The molecule has 18 heavy (non-hydrogen) atoms. The third kappa shape index (κ3) is 5.50. The maximum Gasteiger partial charge on any atom is 0.126 e. The molecule has 0 aliphatic rings. The molecule has 1 aromatic rings. The number of aromatic nitrogens is 1. The van der Waals surface area contributed by atoms with E-state index in [2.05, 4.69) is 38.0 Å². The van der Waals surface area contributed by atoms with Gasteiger partial charge in [0.05, 0.1) is 6.61 Å². The van der Waals surface area contributed by atoms with Gasteiger partial charge in [-0.2, -0.15) is 0 Å². The first-order valence-electron chi connectivity index (χ1n) is 6.92. The van der Waals surface area contributed by atoms with Crippen molar-refractivity contribution >= 4 is 0 Å². The van der Waals surface area contributed by atoms with E-state index in [0.717, 1.165) is 24.5 Å². The van der Waals surface area contributed by atoms with Crippen molar-refractivity contribution < 1.29 is 4.74 Å². The first kappa shape index (κ1) is 15.0. The molecule has 0 aromatic carbocycles. The summed E-state index contributed by atoms with van der Waals surface area (Å²) in [4.78, 5) is 4.17. The van der Waals surface area contributed by atoms with Gasteiger partial charge in [0.1, 0.15) is 5.75 Å². The van der Waals surface area contributed by atoms with Crippen LogP contribution in [0.25, 0.3) is 0 Å². The Morgan fingerprint density at radius 3 is 2.78 bits per heavy atom. The SMILES string of the molecule is CCCC(C)COc1ccncc1CNC(C)C. The topological polar surface area (TPSA) is 34.1 Å². The molecule has 102 valence electrons. The van der Waals surface area contributed by atoms with Crippen LogP contribution in [0.3, 0.4) is 0 Å². The molecule has 1 N–H and O–H groups in total. The second-order valence-electron chi connectivity index (χ2n) is 5.22. The van der Waals surface area contributed by atoms with Crippen LogP contribution in [-0.2, 0) is 6.54 Å². The molecule has 1 atom stereocenters. The van der Waals surface area contributed by atoms with Gasteiger partial charge in [0.25, 0.3) is 0 Å². The summed E-state index contributed by atoms with van der Waals surface area (Å²) in [7, 11) is 0. The lowest BCUT2D eigenvalue weighted by Gasteiger charge is -2.15. The monoisotopic (exact) mass is 250 g/mol. The summed E-state index contributed by atoms with van der Waals surface area (Å²) in [6, 6.07) is 2.42. The van der Waals surface area contributed by atoms with Crippen LogP contribution in [0.5, 0.6) is 5.75 Å². The summed E-state index contributed by atoms with van der Waals surface area (Å²) in [5.74, 6) is 1.56. The van der Waals surface area contributed by atoms with E-state index in [1.54, 1.807) is 6.20 Å². The number of ether oxygens (including phenoxy) is 1. The maximum absolute atomic E-state index is 5.90. The van der Waals surface area contributed by atoms with Crippen LogP contribution in [0.15, 0.2) is 18.5 Å². The quantitative estimate of drug-likeness (QED) is 0.768. The molecule has 3 heteroatoms. The zero-order valence-corrected chi connectivity index (χ0v) is 12.1. The van der Waals surface area contributed by atoms with Crippen molar-refractivity contribution in [1.82, 2.24) is 10.3 Å². The molecule has 1 rings (SSSR count). The van der Waals surface area contributed by atoms with Crippen molar-refractivity contribution in [3.63, 3.8) is 0 Å². The fourth-order valence-electron chi connectivity index (χ4n) is 1.81. The summed E-state index contributed by atoms with van der Waals surface area (Å²) in [5.41, 5.74) is 1.13. The minimum absolute atomic E-state index is 0.470. The van der Waals surface area contributed by atoms with Crippen LogP contribution in [0.1, 0.15) is 46.1 Å². The van der Waals surface area contributed by atoms with Crippen LogP contribution in [0.4, 0.5) is 0 Å². The molecule has 0 aliphatic heterocycles. The van der Waals surface area contributed by atoms with E-state index in [1.807, 2.05) is 12.3 Å². The summed E-state index contributed by atoms with van der Waals surface area (Å²) in [6.45, 7) is 10.3. The van der Waals surface area contributed by atoms with E-state index in [9.17, 15) is 0 Å². The van der Waals surface area contributed by atoms with Crippen molar-refractivity contribution in [2.75, 3.05) is 6.61 Å². The number of hydrogen-bond donors (Lipinski definition) is 1. The average Bonchev–Trinajstić information content (AvgIpc) is 2.35. The average molecular weight is 250 g/mol. The molecule has 0 aliphatic carbocycles. The predicted octanol–water partition coefficient (Wildman–Crippen LogP) is 3.39. The number of nitrogens with zero attached hydrogens (tertiary/aromatic N) is 1. The number of hydrogen-bond acceptors (Lipinski definition) is 3. The minimum atomic E-state index is 0.470. The van der Waals surface area contributed by atoms with E-state index in [1.165, 1.54) is 12.8 Å². The van der Waals surface area contributed by atoms with Gasteiger partial charge in [0.2, 0.25) is 0 Å². The third-order valence-electron chi connectivity index (χ3n) is 2.86. The van der Waals surface area contributed by atoms with Crippen molar-refractivity contribution in [3.8, 4) is 5.75 Å². The smallest absolute Gasteiger partial charge is 0.126 e. The summed E-state index contributed by atoms with van der Waals surface area (Å²) in [5, 5.41) is 3.39. The lowest BCUT2D eigenvalue weighted by molar-refractivity contribution is 0.248. The standard InChI is InChI=1S/C15H26N2O/c1-5-6-13(4)11-18-15-7-8-16-9-14(15)10-17-12(2)3/h7-9,12-13,17H,5-6,10-11H2,1-4H3. The third-order valence-corrected chi connectivity index (χ3v) is 2.86. The molecular formula is C15H26N2O. The van der Waals surface area contributed by atoms with Crippen molar-refractivity contribution in [2.45, 2.75) is 53.1 Å². The second-order valence-corrected chi connectivity index (χ2v) is 5.22. The van der Waals surface area contributed by atoms with Crippen molar-refractivity contribution in [1.29, 1.82) is 0 Å². The van der Waals surface area contributed by atoms with Crippen molar-refractivity contribution in [3.05, 3.63) is 24.0 Å². The Morgan fingerprint density at radius 1 is 1.33 bits per heavy atom. The molecule has 1 heterocycles. The van der Waals surface area contributed by atoms with Gasteiger partial charge in [-0.3, -0.25) is 4.98 Å². The van der Waals surface area contributed by atoms with Crippen molar-refractivity contribution in [2.24, 2.45) is 5.92 Å². The molecule has 0 saturated heterocycles. The molecular weight excluding hydrogens is 224 g/mol. The molecule has 1 unspecified atom stereocenters. The summed E-state index contributed by atoms with van der Waals surface area (Å²) < 4.78 is 5.90. The molecule has 3 nitrogen and oxygen atoms in total. The molecule has 0 amide bonds. The fraction of sp³-hybridized carbons (Fsp3) is 0.667. The molecule has 1 aromatic heterocycles. The maximum atomic E-state index is 5.90. The van der Waals surface area contributed by atoms with E-state index in [4.69, 9.17) is 4.74 Å². The Morgan fingerprint density at radius 2 is 2.11 bits per heavy atom. The van der Waals surface area contributed by atoms with Gasteiger partial charge in [0.15, 0.2) is 0 Å². The molecule has 0 bridgehead atoms. The zero-order chi connectivity index (χ0) is 13.4. The second kappa shape index (κ2) is 8.09. The molecule has 0 fully saturated rings. The number of pyridine rings is 1. The van der Waals surface area contributed by atoms with E-state index < -0.39 is 0 Å². The largest absolute Gasteiger partial charge is 0.493 e. The van der Waals surface area contributed by atoms with Gasteiger partial charge in [-0.05, 0) is 18.4 Å². The Bertz CT molecular complexity index is 339. The van der Waals surface area contributed by atoms with Crippen LogP contribution in [0.2, 0.25) is 0 Å². The van der Waals surface area contributed by atoms with E-state index >= 15 is 0 Å². The highest BCUT2D eigenvalue weighted by atomic mass is 16.5. The first-order valence-corrected chi connectivity index (χ1v) is 6.92. The van der Waals surface area contributed by atoms with Gasteiger partial charge >= 0.3 is 0 Å². The van der Waals surface area contributed by atoms with Crippen LogP contribution < -0.4 is 10.1 Å². The van der Waals surface area contributed by atoms with Gasteiger partial charge in [-0.15, -0.1) is 0 Å². The normalized spacial score (nSPS) is 12.7. The lowest BCUT2D eigenvalue weighted by Crippen LogP contribution is -2.22. The van der Waals surface area contributed by atoms with E-state index in [-0.39, 0.29) is 0 Å². The van der Waals surface area contributed by atoms with Gasteiger partial charge in [-0.1, -0.05) is 34.1 Å². The van der Waals surface area contributed by atoms with Crippen LogP contribution in [-0.4, -0.2) is 17.6 Å². The molecule has 0 spiro atoms. The highest BCUT2D eigenvalue weighted by molar-refractivity contribution is 5.29. The Hall–Kier alpha value is -1.09. The van der Waals surface area contributed by atoms with Gasteiger partial charge < -0.3 is 10.1 Å². The van der Waals surface area contributed by atoms with Gasteiger partial charge in [0, 0.05) is 30.5 Å². The van der Waals surface area contributed by atoms with E-state index in [0.29, 0.717) is 12.0 Å². The molecule has 0 saturated carbocycles. The first-order chi connectivity index (χ1) is 8.63. The summed E-state index contributed by atoms with van der Waals surface area (Å²) in [6.07, 6.45) is 6.10. The van der Waals surface area contributed by atoms with Gasteiger partial charge in [-0.25, -0.2) is 0 Å². The Labute approximate surface area is 111 Å². The fourth-order valence-corrected chi connectivity index (χ4v) is 1.81. The Balaban J connectivity index is 2.53. The highest BCUT2D eigenvalue weighted by Crippen LogP contribution is 2.18. The minimum Gasteiger partial charge on any atom is -0.493 e.